The number of hydrogen-bond donors (Lipinski definition) is 1. The predicted molar refractivity (Wildman–Crippen MR) is 161 cm³/mol. The lowest BCUT2D eigenvalue weighted by Crippen LogP contribution is -2.54. The average Bonchev–Trinajstić information content (AvgIpc) is 2.89. The van der Waals surface area contributed by atoms with Crippen LogP contribution in [0.15, 0.2) is 71.6 Å². The molecule has 3 aromatic rings. The molecular formula is C31H35ClF3N3O4S. The Morgan fingerprint density at radius 2 is 1.56 bits per heavy atom. The lowest BCUT2D eigenvalue weighted by Gasteiger charge is -2.34. The van der Waals surface area contributed by atoms with Gasteiger partial charge in [0.1, 0.15) is 12.6 Å². The molecule has 0 aliphatic carbocycles. The monoisotopic (exact) mass is 637 g/mol. The lowest BCUT2D eigenvalue weighted by molar-refractivity contribution is -0.140. The van der Waals surface area contributed by atoms with E-state index in [1.807, 2.05) is 19.1 Å². The van der Waals surface area contributed by atoms with E-state index in [1.165, 1.54) is 24.0 Å². The lowest BCUT2D eigenvalue weighted by atomic mass is 10.1. The van der Waals surface area contributed by atoms with E-state index in [2.05, 4.69) is 5.32 Å². The smallest absolute Gasteiger partial charge is 0.350 e. The van der Waals surface area contributed by atoms with Crippen LogP contribution in [0.2, 0.25) is 5.02 Å². The topological polar surface area (TPSA) is 86.8 Å². The normalized spacial score (nSPS) is 12.9. The molecule has 0 aliphatic rings. The Hall–Kier alpha value is -3.57. The van der Waals surface area contributed by atoms with Crippen LogP contribution in [0.1, 0.15) is 49.9 Å². The van der Waals surface area contributed by atoms with Crippen molar-refractivity contribution in [2.75, 3.05) is 10.8 Å². The second-order valence-electron chi connectivity index (χ2n) is 11.3. The number of nitrogens with one attached hydrogen (secondary N) is 1. The van der Waals surface area contributed by atoms with Crippen molar-refractivity contribution < 1.29 is 31.2 Å². The highest BCUT2D eigenvalue weighted by Gasteiger charge is 2.37. The maximum atomic E-state index is 14.0. The third-order valence-corrected chi connectivity index (χ3v) is 8.82. The van der Waals surface area contributed by atoms with Gasteiger partial charge >= 0.3 is 6.18 Å². The Morgan fingerprint density at radius 3 is 2.12 bits per heavy atom. The fraction of sp³-hybridized carbons (Fsp3) is 0.355. The number of rotatable bonds is 9. The van der Waals surface area contributed by atoms with Crippen molar-refractivity contribution in [2.24, 2.45) is 0 Å². The van der Waals surface area contributed by atoms with Gasteiger partial charge in [-0.25, -0.2) is 8.42 Å². The summed E-state index contributed by atoms with van der Waals surface area (Å²) in [5.41, 5.74) is 0.0213. The highest BCUT2D eigenvalue weighted by atomic mass is 35.5. The number of anilines is 1. The van der Waals surface area contributed by atoms with Gasteiger partial charge in [-0.2, -0.15) is 13.2 Å². The zero-order chi connectivity index (χ0) is 32.3. The van der Waals surface area contributed by atoms with Crippen LogP contribution in [0.5, 0.6) is 0 Å². The zero-order valence-electron chi connectivity index (χ0n) is 24.8. The van der Waals surface area contributed by atoms with E-state index >= 15 is 0 Å². The number of sulfonamides is 1. The van der Waals surface area contributed by atoms with Gasteiger partial charge in [-0.15, -0.1) is 0 Å². The summed E-state index contributed by atoms with van der Waals surface area (Å²) in [7, 11) is -4.56. The second-order valence-corrected chi connectivity index (χ2v) is 13.6. The first-order valence-electron chi connectivity index (χ1n) is 13.4. The van der Waals surface area contributed by atoms with Crippen molar-refractivity contribution in [2.45, 2.75) is 70.7 Å². The van der Waals surface area contributed by atoms with Gasteiger partial charge in [0, 0.05) is 12.1 Å². The molecule has 0 aromatic heterocycles. The number of hydrogen-bond acceptors (Lipinski definition) is 4. The summed E-state index contributed by atoms with van der Waals surface area (Å²) in [6.45, 7) is 9.50. The summed E-state index contributed by atoms with van der Waals surface area (Å²) in [5, 5.41) is 2.21. The number of carbonyl (C=O) groups is 2. The van der Waals surface area contributed by atoms with Crippen molar-refractivity contribution in [3.05, 3.63) is 94.0 Å². The molecule has 1 N–H and O–H groups in total. The zero-order valence-corrected chi connectivity index (χ0v) is 26.4. The first kappa shape index (κ1) is 33.9. The molecule has 0 radical (unpaired) electrons. The molecule has 1 unspecified atom stereocenters. The summed E-state index contributed by atoms with van der Waals surface area (Å²) in [6, 6.07) is 14.5. The highest BCUT2D eigenvalue weighted by Crippen LogP contribution is 2.38. The van der Waals surface area contributed by atoms with Gasteiger partial charge in [0.05, 0.1) is 21.2 Å². The van der Waals surface area contributed by atoms with Crippen molar-refractivity contribution in [1.82, 2.24) is 10.2 Å². The van der Waals surface area contributed by atoms with E-state index in [9.17, 15) is 31.2 Å². The fourth-order valence-corrected chi connectivity index (χ4v) is 5.91. The van der Waals surface area contributed by atoms with Crippen molar-refractivity contribution in [3.63, 3.8) is 0 Å². The molecule has 0 saturated heterocycles. The van der Waals surface area contributed by atoms with Crippen LogP contribution in [0, 0.1) is 13.8 Å². The molecule has 0 aliphatic heterocycles. The highest BCUT2D eigenvalue weighted by molar-refractivity contribution is 7.92. The van der Waals surface area contributed by atoms with Crippen molar-refractivity contribution in [1.29, 1.82) is 0 Å². The quantitative estimate of drug-likeness (QED) is 0.290. The number of benzene rings is 3. The number of nitrogens with zero attached hydrogens (tertiary/aromatic N) is 2. The molecule has 3 aromatic carbocycles. The Kier molecular flexibility index (Phi) is 10.2. The van der Waals surface area contributed by atoms with Crippen molar-refractivity contribution >= 4 is 39.1 Å². The molecule has 2 amide bonds. The molecule has 232 valence electrons. The minimum atomic E-state index is -4.88. The number of alkyl halides is 3. The molecule has 43 heavy (non-hydrogen) atoms. The van der Waals surface area contributed by atoms with Gasteiger partial charge in [-0.1, -0.05) is 53.6 Å². The maximum absolute atomic E-state index is 14.0. The Bertz CT molecular complexity index is 1590. The molecule has 0 fully saturated rings. The number of aryl methyl sites for hydroxylation is 2. The predicted octanol–water partition coefficient (Wildman–Crippen LogP) is 6.50. The number of halogens is 4. The molecule has 12 heteroatoms. The van der Waals surface area contributed by atoms with E-state index in [0.717, 1.165) is 23.3 Å². The third kappa shape index (κ3) is 8.51. The van der Waals surface area contributed by atoms with E-state index < -0.39 is 62.4 Å². The van der Waals surface area contributed by atoms with Gasteiger partial charge in [0.2, 0.25) is 11.8 Å². The van der Waals surface area contributed by atoms with E-state index in [-0.39, 0.29) is 11.4 Å². The van der Waals surface area contributed by atoms with Crippen LogP contribution < -0.4 is 9.62 Å². The van der Waals surface area contributed by atoms with Gasteiger partial charge < -0.3 is 10.2 Å². The standard InChI is InChI=1S/C31H35ClF3N3O4S/c1-20-11-14-25(15-12-20)43(41,42)38(24-13-16-27(32)26(17-24)31(33,34)35)19-28(39)37(18-23-10-8-7-9-21(23)2)22(3)29(40)36-30(4,5)6/h7-17,22H,18-19H2,1-6H3,(H,36,40). The average molecular weight is 638 g/mol. The second kappa shape index (κ2) is 13.0. The van der Waals surface area contributed by atoms with Crippen LogP contribution in [0.4, 0.5) is 18.9 Å². The fourth-order valence-electron chi connectivity index (χ4n) is 4.28. The van der Waals surface area contributed by atoms with Crippen LogP contribution in [-0.2, 0) is 32.3 Å². The van der Waals surface area contributed by atoms with Crippen LogP contribution in [0.3, 0.4) is 0 Å². The molecule has 0 heterocycles. The summed E-state index contributed by atoms with van der Waals surface area (Å²) in [6.07, 6.45) is -4.88. The maximum Gasteiger partial charge on any atom is 0.417 e. The minimum Gasteiger partial charge on any atom is -0.350 e. The van der Waals surface area contributed by atoms with Gasteiger partial charge in [-0.3, -0.25) is 13.9 Å². The largest absolute Gasteiger partial charge is 0.417 e. The van der Waals surface area contributed by atoms with E-state index in [0.29, 0.717) is 15.9 Å². The SMILES string of the molecule is Cc1ccc(S(=O)(=O)N(CC(=O)N(Cc2ccccc2C)C(C)C(=O)NC(C)(C)C)c2ccc(Cl)c(C(F)(F)F)c2)cc1. The van der Waals surface area contributed by atoms with Crippen LogP contribution >= 0.6 is 11.6 Å². The molecule has 0 bridgehead atoms. The van der Waals surface area contributed by atoms with E-state index in [4.69, 9.17) is 11.6 Å². The minimum absolute atomic E-state index is 0.0446. The molecule has 0 saturated carbocycles. The molecule has 3 rings (SSSR count). The van der Waals surface area contributed by atoms with Gasteiger partial charge in [-0.05, 0) is 83.0 Å². The summed E-state index contributed by atoms with van der Waals surface area (Å²) in [4.78, 5) is 28.2. The van der Waals surface area contributed by atoms with E-state index in [1.54, 1.807) is 52.0 Å². The van der Waals surface area contributed by atoms with Crippen molar-refractivity contribution in [3.8, 4) is 0 Å². The molecule has 0 spiro atoms. The summed E-state index contributed by atoms with van der Waals surface area (Å²) in [5.74, 6) is -1.27. The van der Waals surface area contributed by atoms with Gasteiger partial charge in [0.15, 0.2) is 0 Å². The van der Waals surface area contributed by atoms with Crippen LogP contribution in [-0.4, -0.2) is 43.3 Å². The molecule has 7 nitrogen and oxygen atoms in total. The first-order valence-corrected chi connectivity index (χ1v) is 15.2. The Balaban J connectivity index is 2.14. The third-order valence-electron chi connectivity index (χ3n) is 6.70. The first-order chi connectivity index (χ1) is 19.8. The number of carbonyl (C=O) groups excluding carboxylic acids is 2. The summed E-state index contributed by atoms with van der Waals surface area (Å²) >= 11 is 5.82. The van der Waals surface area contributed by atoms with Gasteiger partial charge in [0.25, 0.3) is 10.0 Å². The molecule has 1 atom stereocenters. The number of amides is 2. The molecular weight excluding hydrogens is 603 g/mol. The Morgan fingerprint density at radius 1 is 0.953 bits per heavy atom. The Labute approximate surface area is 255 Å². The summed E-state index contributed by atoms with van der Waals surface area (Å²) < 4.78 is 69.8. The van der Waals surface area contributed by atoms with Crippen LogP contribution in [0.25, 0.3) is 0 Å².